The van der Waals surface area contributed by atoms with Gasteiger partial charge in [0.2, 0.25) is 0 Å². The summed E-state index contributed by atoms with van der Waals surface area (Å²) in [7, 11) is 0. The lowest BCUT2D eigenvalue weighted by Gasteiger charge is -2.03. The second-order valence-corrected chi connectivity index (χ2v) is 4.92. The minimum atomic E-state index is 0.917. The normalized spacial score (nSPS) is 10.5. The van der Waals surface area contributed by atoms with Crippen molar-refractivity contribution in [2.75, 3.05) is 0 Å². The molecule has 0 saturated carbocycles. The largest absolute Gasteiger partial charge is 0.255 e. The van der Waals surface area contributed by atoms with Crippen molar-refractivity contribution in [3.63, 3.8) is 0 Å². The number of pyridine rings is 2. The van der Waals surface area contributed by atoms with Crippen LogP contribution in [0.15, 0.2) is 73.1 Å². The molecule has 0 aliphatic rings. The Morgan fingerprint density at radius 1 is 0.762 bits per heavy atom. The van der Waals surface area contributed by atoms with Gasteiger partial charge in [0.1, 0.15) is 0 Å². The molecule has 0 aliphatic carbocycles. The van der Waals surface area contributed by atoms with E-state index in [0.717, 1.165) is 24.2 Å². The van der Waals surface area contributed by atoms with Crippen LogP contribution >= 0.6 is 0 Å². The number of aryl methyl sites for hydroxylation is 1. The summed E-state index contributed by atoms with van der Waals surface area (Å²) in [6.07, 6.45) is 8.02. The zero-order chi connectivity index (χ0) is 14.3. The fourth-order valence-electron chi connectivity index (χ4n) is 2.23. The lowest BCUT2D eigenvalue weighted by atomic mass is 10.0. The van der Waals surface area contributed by atoms with Crippen molar-refractivity contribution in [1.29, 1.82) is 0 Å². The molecule has 0 aliphatic heterocycles. The SMILES string of the molecule is [CH](CCc1ccc(-c2ccccn2)nc1)c1ccccc1. The minimum absolute atomic E-state index is 0.917. The predicted octanol–water partition coefficient (Wildman–Crippen LogP) is 4.33. The molecule has 0 amide bonds. The molecule has 0 fully saturated rings. The lowest BCUT2D eigenvalue weighted by Crippen LogP contribution is -1.91. The Balaban J connectivity index is 1.58. The molecule has 103 valence electrons. The number of aromatic nitrogens is 2. The fourth-order valence-corrected chi connectivity index (χ4v) is 2.23. The summed E-state index contributed by atoms with van der Waals surface area (Å²) < 4.78 is 0. The monoisotopic (exact) mass is 273 g/mol. The minimum Gasteiger partial charge on any atom is -0.255 e. The van der Waals surface area contributed by atoms with Crippen molar-refractivity contribution in [1.82, 2.24) is 9.97 Å². The summed E-state index contributed by atoms with van der Waals surface area (Å²) in [4.78, 5) is 8.81. The predicted molar refractivity (Wildman–Crippen MR) is 85.6 cm³/mol. The van der Waals surface area contributed by atoms with Crippen molar-refractivity contribution >= 4 is 0 Å². The third-order valence-corrected chi connectivity index (χ3v) is 3.36. The Morgan fingerprint density at radius 2 is 1.57 bits per heavy atom. The summed E-state index contributed by atoms with van der Waals surface area (Å²) >= 11 is 0. The topological polar surface area (TPSA) is 25.8 Å². The highest BCUT2D eigenvalue weighted by molar-refractivity contribution is 5.53. The van der Waals surface area contributed by atoms with Gasteiger partial charge in [-0.05, 0) is 48.6 Å². The average molecular weight is 273 g/mol. The van der Waals surface area contributed by atoms with Gasteiger partial charge in [0, 0.05) is 12.4 Å². The Kier molecular flexibility index (Phi) is 4.37. The van der Waals surface area contributed by atoms with Crippen LogP contribution in [-0.4, -0.2) is 9.97 Å². The van der Waals surface area contributed by atoms with Gasteiger partial charge < -0.3 is 0 Å². The average Bonchev–Trinajstić information content (AvgIpc) is 2.57. The summed E-state index contributed by atoms with van der Waals surface area (Å²) in [6, 6.07) is 20.5. The zero-order valence-electron chi connectivity index (χ0n) is 11.8. The molecule has 1 radical (unpaired) electrons. The molecule has 2 aromatic heterocycles. The van der Waals surface area contributed by atoms with Crippen LogP contribution in [0.3, 0.4) is 0 Å². The molecule has 1 aromatic carbocycles. The maximum absolute atomic E-state index is 4.50. The number of nitrogens with zero attached hydrogens (tertiary/aromatic N) is 2. The van der Waals surface area contributed by atoms with E-state index in [9.17, 15) is 0 Å². The van der Waals surface area contributed by atoms with E-state index in [2.05, 4.69) is 46.7 Å². The molecule has 0 bridgehead atoms. The van der Waals surface area contributed by atoms with Crippen LogP contribution in [-0.2, 0) is 6.42 Å². The number of benzene rings is 1. The molecule has 0 saturated heterocycles. The third kappa shape index (κ3) is 3.76. The summed E-state index contributed by atoms with van der Waals surface area (Å²) in [5.41, 5.74) is 4.36. The van der Waals surface area contributed by atoms with Gasteiger partial charge >= 0.3 is 0 Å². The molecule has 2 heteroatoms. The highest BCUT2D eigenvalue weighted by atomic mass is 14.8. The molecule has 0 unspecified atom stereocenters. The molecule has 0 spiro atoms. The second kappa shape index (κ2) is 6.80. The summed E-state index contributed by atoms with van der Waals surface area (Å²) in [6.45, 7) is 0. The number of rotatable bonds is 5. The van der Waals surface area contributed by atoms with Crippen LogP contribution in [0.1, 0.15) is 17.5 Å². The van der Waals surface area contributed by atoms with Crippen LogP contribution in [0.2, 0.25) is 0 Å². The van der Waals surface area contributed by atoms with Gasteiger partial charge in [-0.1, -0.05) is 42.5 Å². The second-order valence-electron chi connectivity index (χ2n) is 4.92. The van der Waals surface area contributed by atoms with Crippen LogP contribution in [0.25, 0.3) is 11.4 Å². The van der Waals surface area contributed by atoms with E-state index >= 15 is 0 Å². The van der Waals surface area contributed by atoms with Gasteiger partial charge in [0.15, 0.2) is 0 Å². The number of hydrogen-bond donors (Lipinski definition) is 0. The molecular formula is C19H17N2. The Labute approximate surface area is 125 Å². The Morgan fingerprint density at radius 3 is 2.29 bits per heavy atom. The standard InChI is InChI=1S/C19H17N2/c1-2-7-16(8-3-1)9-6-10-17-12-13-19(21-15-17)18-11-4-5-14-20-18/h1-5,7-9,11-15H,6,10H2. The molecule has 2 nitrogen and oxygen atoms in total. The Hall–Kier alpha value is -2.48. The van der Waals surface area contributed by atoms with Crippen LogP contribution in [0.5, 0.6) is 0 Å². The van der Waals surface area contributed by atoms with Crippen molar-refractivity contribution in [2.24, 2.45) is 0 Å². The molecular weight excluding hydrogens is 256 g/mol. The molecule has 21 heavy (non-hydrogen) atoms. The van der Waals surface area contributed by atoms with Crippen molar-refractivity contribution < 1.29 is 0 Å². The van der Waals surface area contributed by atoms with Crippen LogP contribution in [0.4, 0.5) is 0 Å². The van der Waals surface area contributed by atoms with E-state index < -0.39 is 0 Å². The third-order valence-electron chi connectivity index (χ3n) is 3.36. The van der Waals surface area contributed by atoms with E-state index in [1.54, 1.807) is 6.20 Å². The smallest absolute Gasteiger partial charge is 0.0886 e. The van der Waals surface area contributed by atoms with Gasteiger partial charge in [-0.25, -0.2) is 0 Å². The summed E-state index contributed by atoms with van der Waals surface area (Å²) in [5, 5.41) is 0. The zero-order valence-corrected chi connectivity index (χ0v) is 11.8. The van der Waals surface area contributed by atoms with Crippen LogP contribution < -0.4 is 0 Å². The number of hydrogen-bond acceptors (Lipinski definition) is 2. The molecule has 3 aromatic rings. The first-order valence-electron chi connectivity index (χ1n) is 7.16. The maximum atomic E-state index is 4.50. The highest BCUT2D eigenvalue weighted by Gasteiger charge is 2.01. The van der Waals surface area contributed by atoms with Crippen LogP contribution in [0, 0.1) is 6.42 Å². The first-order chi connectivity index (χ1) is 10.4. The lowest BCUT2D eigenvalue weighted by molar-refractivity contribution is 0.941. The first-order valence-corrected chi connectivity index (χ1v) is 7.16. The fraction of sp³-hybridized carbons (Fsp3) is 0.105. The Bertz CT molecular complexity index is 661. The van der Waals surface area contributed by atoms with Crippen molar-refractivity contribution in [3.8, 4) is 11.4 Å². The van der Waals surface area contributed by atoms with Gasteiger partial charge in [0.05, 0.1) is 11.4 Å². The molecule has 2 heterocycles. The van der Waals surface area contributed by atoms with E-state index in [0.29, 0.717) is 0 Å². The first kappa shape index (κ1) is 13.5. The molecule has 0 atom stereocenters. The van der Waals surface area contributed by atoms with E-state index in [1.807, 2.05) is 36.5 Å². The summed E-state index contributed by atoms with van der Waals surface area (Å²) in [5.74, 6) is 0. The highest BCUT2D eigenvalue weighted by Crippen LogP contribution is 2.15. The van der Waals surface area contributed by atoms with E-state index in [-0.39, 0.29) is 0 Å². The van der Waals surface area contributed by atoms with E-state index in [4.69, 9.17) is 0 Å². The van der Waals surface area contributed by atoms with Gasteiger partial charge in [0.25, 0.3) is 0 Å². The molecule has 0 N–H and O–H groups in total. The van der Waals surface area contributed by atoms with Crippen molar-refractivity contribution in [3.05, 3.63) is 90.6 Å². The van der Waals surface area contributed by atoms with E-state index in [1.165, 1.54) is 11.1 Å². The quantitative estimate of drug-likeness (QED) is 0.691. The van der Waals surface area contributed by atoms with Gasteiger partial charge in [-0.15, -0.1) is 0 Å². The molecule has 3 rings (SSSR count). The maximum Gasteiger partial charge on any atom is 0.0886 e. The van der Waals surface area contributed by atoms with Gasteiger partial charge in [-0.3, -0.25) is 9.97 Å². The van der Waals surface area contributed by atoms with Crippen molar-refractivity contribution in [2.45, 2.75) is 12.8 Å². The van der Waals surface area contributed by atoms with Gasteiger partial charge in [-0.2, -0.15) is 0 Å².